The molecular weight excluding hydrogens is 246 g/mol. The lowest BCUT2D eigenvalue weighted by Crippen LogP contribution is -2.55. The maximum absolute atomic E-state index is 6.20. The Balaban J connectivity index is 1.90. The van der Waals surface area contributed by atoms with Gasteiger partial charge in [0.2, 0.25) is 0 Å². The first-order valence-corrected chi connectivity index (χ1v) is 8.98. The van der Waals surface area contributed by atoms with E-state index in [0.717, 1.165) is 12.6 Å². The van der Waals surface area contributed by atoms with E-state index < -0.39 is 0 Å². The van der Waals surface area contributed by atoms with Crippen molar-refractivity contribution in [2.45, 2.75) is 82.7 Å². The second-order valence-corrected chi connectivity index (χ2v) is 7.01. The molecule has 3 N–H and O–H groups in total. The summed E-state index contributed by atoms with van der Waals surface area (Å²) in [5.41, 5.74) is 6.42. The number of nitrogens with one attached hydrogen (secondary N) is 1. The van der Waals surface area contributed by atoms with E-state index in [2.05, 4.69) is 17.1 Å². The SMILES string of the molecule is CCCN1CCCC(CN)(NC2CCCCCC2)CC1. The first-order valence-electron chi connectivity index (χ1n) is 8.98. The molecule has 0 amide bonds. The average Bonchev–Trinajstić information content (AvgIpc) is 2.82. The molecule has 1 unspecified atom stereocenters. The van der Waals surface area contributed by atoms with Crippen LogP contribution in [0.5, 0.6) is 0 Å². The summed E-state index contributed by atoms with van der Waals surface area (Å²) in [6, 6.07) is 0.721. The van der Waals surface area contributed by atoms with Gasteiger partial charge in [-0.05, 0) is 58.2 Å². The molecular formula is C17H35N3. The molecule has 1 aliphatic carbocycles. The van der Waals surface area contributed by atoms with E-state index in [1.807, 2.05) is 0 Å². The van der Waals surface area contributed by atoms with E-state index in [1.54, 1.807) is 0 Å². The zero-order valence-corrected chi connectivity index (χ0v) is 13.5. The Labute approximate surface area is 125 Å². The van der Waals surface area contributed by atoms with E-state index in [9.17, 15) is 0 Å². The van der Waals surface area contributed by atoms with E-state index in [-0.39, 0.29) is 5.54 Å². The molecule has 0 aromatic heterocycles. The molecule has 0 bridgehead atoms. The van der Waals surface area contributed by atoms with E-state index >= 15 is 0 Å². The van der Waals surface area contributed by atoms with Crippen molar-refractivity contribution in [3.05, 3.63) is 0 Å². The minimum atomic E-state index is 0.220. The molecule has 0 spiro atoms. The minimum Gasteiger partial charge on any atom is -0.329 e. The number of likely N-dealkylation sites (tertiary alicyclic amines) is 1. The highest BCUT2D eigenvalue weighted by Crippen LogP contribution is 2.26. The molecule has 0 aromatic rings. The zero-order valence-electron chi connectivity index (χ0n) is 13.5. The number of nitrogens with zero attached hydrogens (tertiary/aromatic N) is 1. The lowest BCUT2D eigenvalue weighted by atomic mass is 9.88. The van der Waals surface area contributed by atoms with Gasteiger partial charge >= 0.3 is 0 Å². The van der Waals surface area contributed by atoms with Crippen molar-refractivity contribution in [2.75, 3.05) is 26.2 Å². The zero-order chi connectivity index (χ0) is 14.3. The van der Waals surface area contributed by atoms with Gasteiger partial charge in [0.05, 0.1) is 0 Å². The van der Waals surface area contributed by atoms with Gasteiger partial charge in [0.25, 0.3) is 0 Å². The molecule has 20 heavy (non-hydrogen) atoms. The Kier molecular flexibility index (Phi) is 6.79. The van der Waals surface area contributed by atoms with Crippen molar-refractivity contribution in [3.63, 3.8) is 0 Å². The summed E-state index contributed by atoms with van der Waals surface area (Å²) in [6.45, 7) is 6.84. The van der Waals surface area contributed by atoms with Crippen LogP contribution in [-0.2, 0) is 0 Å². The Bertz CT molecular complexity index is 261. The normalized spacial score (nSPS) is 30.9. The first-order chi connectivity index (χ1) is 9.78. The van der Waals surface area contributed by atoms with Crippen molar-refractivity contribution in [3.8, 4) is 0 Å². The van der Waals surface area contributed by atoms with Crippen molar-refractivity contribution in [2.24, 2.45) is 5.73 Å². The monoisotopic (exact) mass is 281 g/mol. The number of nitrogens with two attached hydrogens (primary N) is 1. The summed E-state index contributed by atoms with van der Waals surface area (Å²) < 4.78 is 0. The molecule has 2 rings (SSSR count). The molecule has 1 saturated heterocycles. The summed E-state index contributed by atoms with van der Waals surface area (Å²) in [5.74, 6) is 0. The average molecular weight is 281 g/mol. The lowest BCUT2D eigenvalue weighted by molar-refractivity contribution is 0.233. The largest absolute Gasteiger partial charge is 0.329 e. The van der Waals surface area contributed by atoms with Crippen LogP contribution in [0.1, 0.15) is 71.1 Å². The van der Waals surface area contributed by atoms with Gasteiger partial charge in [-0.3, -0.25) is 0 Å². The molecule has 3 nitrogen and oxygen atoms in total. The third-order valence-corrected chi connectivity index (χ3v) is 5.33. The Hall–Kier alpha value is -0.120. The van der Waals surface area contributed by atoms with Crippen LogP contribution in [0.15, 0.2) is 0 Å². The van der Waals surface area contributed by atoms with Crippen LogP contribution >= 0.6 is 0 Å². The van der Waals surface area contributed by atoms with Gasteiger partial charge in [-0.25, -0.2) is 0 Å². The predicted molar refractivity (Wildman–Crippen MR) is 87.0 cm³/mol. The molecule has 1 heterocycles. The highest BCUT2D eigenvalue weighted by Gasteiger charge is 2.33. The summed E-state index contributed by atoms with van der Waals surface area (Å²) in [4.78, 5) is 2.63. The van der Waals surface area contributed by atoms with Crippen molar-refractivity contribution in [1.82, 2.24) is 10.2 Å². The second kappa shape index (κ2) is 8.35. The number of hydrogen-bond donors (Lipinski definition) is 2. The Morgan fingerprint density at radius 2 is 1.80 bits per heavy atom. The fourth-order valence-electron chi connectivity index (χ4n) is 4.05. The number of rotatable bonds is 5. The molecule has 2 aliphatic rings. The Morgan fingerprint density at radius 1 is 1.05 bits per heavy atom. The summed E-state index contributed by atoms with van der Waals surface area (Å²) in [5, 5.41) is 4.01. The standard InChI is InChI=1S/C17H35N3/c1-2-12-20-13-7-10-17(15-18,11-14-20)19-16-8-5-3-4-6-9-16/h16,19H,2-15,18H2,1H3. The van der Waals surface area contributed by atoms with Crippen LogP contribution in [0.3, 0.4) is 0 Å². The minimum absolute atomic E-state index is 0.220. The smallest absolute Gasteiger partial charge is 0.0319 e. The van der Waals surface area contributed by atoms with Crippen LogP contribution in [0.4, 0.5) is 0 Å². The molecule has 0 radical (unpaired) electrons. The van der Waals surface area contributed by atoms with Gasteiger partial charge < -0.3 is 16.0 Å². The first kappa shape index (κ1) is 16.3. The second-order valence-electron chi connectivity index (χ2n) is 7.01. The molecule has 1 atom stereocenters. The van der Waals surface area contributed by atoms with Crippen LogP contribution in [0.2, 0.25) is 0 Å². The van der Waals surface area contributed by atoms with Crippen molar-refractivity contribution < 1.29 is 0 Å². The van der Waals surface area contributed by atoms with Crippen LogP contribution in [0, 0.1) is 0 Å². The highest BCUT2D eigenvalue weighted by atomic mass is 15.1. The quantitative estimate of drug-likeness (QED) is 0.761. The topological polar surface area (TPSA) is 41.3 Å². The van der Waals surface area contributed by atoms with Gasteiger partial charge in [-0.15, -0.1) is 0 Å². The molecule has 0 aromatic carbocycles. The summed E-state index contributed by atoms with van der Waals surface area (Å²) >= 11 is 0. The van der Waals surface area contributed by atoms with E-state index in [4.69, 9.17) is 5.73 Å². The van der Waals surface area contributed by atoms with Crippen molar-refractivity contribution >= 4 is 0 Å². The Morgan fingerprint density at radius 3 is 2.45 bits per heavy atom. The van der Waals surface area contributed by atoms with Crippen LogP contribution < -0.4 is 11.1 Å². The molecule has 1 saturated carbocycles. The van der Waals surface area contributed by atoms with Gasteiger partial charge in [0.15, 0.2) is 0 Å². The lowest BCUT2D eigenvalue weighted by Gasteiger charge is -2.37. The fraction of sp³-hybridized carbons (Fsp3) is 1.00. The third-order valence-electron chi connectivity index (χ3n) is 5.33. The van der Waals surface area contributed by atoms with Gasteiger partial charge in [-0.2, -0.15) is 0 Å². The molecule has 1 aliphatic heterocycles. The summed E-state index contributed by atoms with van der Waals surface area (Å²) in [6.07, 6.45) is 13.5. The fourth-order valence-corrected chi connectivity index (χ4v) is 4.05. The van der Waals surface area contributed by atoms with Gasteiger partial charge in [-0.1, -0.05) is 32.6 Å². The summed E-state index contributed by atoms with van der Waals surface area (Å²) in [7, 11) is 0. The van der Waals surface area contributed by atoms with Crippen LogP contribution in [-0.4, -0.2) is 42.7 Å². The maximum Gasteiger partial charge on any atom is 0.0319 e. The highest BCUT2D eigenvalue weighted by molar-refractivity contribution is 4.95. The van der Waals surface area contributed by atoms with Crippen molar-refractivity contribution in [1.29, 1.82) is 0 Å². The molecule has 2 fully saturated rings. The molecule has 3 heteroatoms. The van der Waals surface area contributed by atoms with E-state index in [0.29, 0.717) is 0 Å². The number of hydrogen-bond acceptors (Lipinski definition) is 3. The third kappa shape index (κ3) is 4.71. The van der Waals surface area contributed by atoms with Crippen LogP contribution in [0.25, 0.3) is 0 Å². The maximum atomic E-state index is 6.20. The predicted octanol–water partition coefficient (Wildman–Crippen LogP) is 2.89. The van der Waals surface area contributed by atoms with Gasteiger partial charge in [0, 0.05) is 18.1 Å². The molecule has 118 valence electrons. The van der Waals surface area contributed by atoms with E-state index in [1.165, 1.54) is 83.8 Å². The van der Waals surface area contributed by atoms with Gasteiger partial charge in [0.1, 0.15) is 0 Å².